The molecule has 0 saturated carbocycles. The number of anilines is 2. The van der Waals surface area contributed by atoms with Gasteiger partial charge in [-0.05, 0) is 12.8 Å². The number of benzene rings is 1. The quantitative estimate of drug-likeness (QED) is 0.852. The first-order valence-corrected chi connectivity index (χ1v) is 6.91. The molecule has 0 spiro atoms. The summed E-state index contributed by atoms with van der Waals surface area (Å²) in [5.74, 6) is -5.01. The van der Waals surface area contributed by atoms with Gasteiger partial charge in [0, 0.05) is 17.0 Å². The van der Waals surface area contributed by atoms with Crippen molar-refractivity contribution in [2.24, 2.45) is 0 Å². The number of thiazole rings is 1. The smallest absolute Gasteiger partial charge is 0.312 e. The van der Waals surface area contributed by atoms with Crippen molar-refractivity contribution < 1.29 is 23.1 Å². The molecule has 8 heteroatoms. The molecule has 1 aromatic carbocycles. The van der Waals surface area contributed by atoms with E-state index in [2.05, 4.69) is 10.3 Å². The van der Waals surface area contributed by atoms with E-state index < -0.39 is 29.3 Å². The Labute approximate surface area is 121 Å². The van der Waals surface area contributed by atoms with Crippen LogP contribution in [0.1, 0.15) is 22.9 Å². The van der Waals surface area contributed by atoms with Crippen LogP contribution in [0, 0.1) is 17.5 Å². The van der Waals surface area contributed by atoms with E-state index in [0.29, 0.717) is 30.7 Å². The van der Waals surface area contributed by atoms with Crippen LogP contribution in [-0.2, 0) is 11.2 Å². The average Bonchev–Trinajstić information content (AvgIpc) is 2.95. The van der Waals surface area contributed by atoms with Crippen molar-refractivity contribution in [3.63, 3.8) is 0 Å². The number of nitrogens with zero attached hydrogens (tertiary/aromatic N) is 1. The van der Waals surface area contributed by atoms with Gasteiger partial charge in [-0.3, -0.25) is 4.79 Å². The number of fused-ring (bicyclic) bond motifs is 1. The lowest BCUT2D eigenvalue weighted by Crippen LogP contribution is -2.08. The molecule has 4 nitrogen and oxygen atoms in total. The number of aromatic nitrogens is 1. The minimum Gasteiger partial charge on any atom is -0.481 e. The fourth-order valence-corrected chi connectivity index (χ4v) is 3.31. The van der Waals surface area contributed by atoms with Gasteiger partial charge in [0.15, 0.2) is 16.8 Å². The van der Waals surface area contributed by atoms with Crippen molar-refractivity contribution in [2.45, 2.75) is 18.8 Å². The lowest BCUT2D eigenvalue weighted by Gasteiger charge is -2.06. The first-order chi connectivity index (χ1) is 9.95. The Morgan fingerprint density at radius 2 is 2.00 bits per heavy atom. The van der Waals surface area contributed by atoms with Gasteiger partial charge in [0.1, 0.15) is 11.7 Å². The van der Waals surface area contributed by atoms with Gasteiger partial charge in [0.2, 0.25) is 0 Å². The number of rotatable bonds is 3. The van der Waals surface area contributed by atoms with E-state index in [1.807, 2.05) is 0 Å². The highest BCUT2D eigenvalue weighted by atomic mass is 32.1. The summed E-state index contributed by atoms with van der Waals surface area (Å²) in [6.45, 7) is 0. The highest BCUT2D eigenvalue weighted by Crippen LogP contribution is 2.39. The van der Waals surface area contributed by atoms with Crippen molar-refractivity contribution in [2.75, 3.05) is 5.32 Å². The van der Waals surface area contributed by atoms with Crippen LogP contribution in [0.15, 0.2) is 12.1 Å². The minimum absolute atomic E-state index is 0.242. The van der Waals surface area contributed by atoms with E-state index in [9.17, 15) is 18.0 Å². The lowest BCUT2D eigenvalue weighted by molar-refractivity contribution is -0.138. The maximum atomic E-state index is 13.5. The third-order valence-electron chi connectivity index (χ3n) is 3.27. The molecule has 2 aromatic rings. The number of aliphatic carboxylic acids is 1. The Kier molecular flexibility index (Phi) is 3.32. The average molecular weight is 314 g/mol. The summed E-state index contributed by atoms with van der Waals surface area (Å²) in [4.78, 5) is 16.0. The second-order valence-electron chi connectivity index (χ2n) is 4.63. The molecule has 1 aliphatic carbocycles. The molecular weight excluding hydrogens is 305 g/mol. The number of carboxylic acid groups (broad SMARTS) is 1. The lowest BCUT2D eigenvalue weighted by atomic mass is 10.1. The van der Waals surface area contributed by atoms with Crippen LogP contribution >= 0.6 is 11.3 Å². The van der Waals surface area contributed by atoms with Crippen molar-refractivity contribution in [1.29, 1.82) is 0 Å². The van der Waals surface area contributed by atoms with Gasteiger partial charge in [-0.1, -0.05) is 0 Å². The van der Waals surface area contributed by atoms with Crippen molar-refractivity contribution in [3.8, 4) is 0 Å². The molecule has 1 heterocycles. The first-order valence-electron chi connectivity index (χ1n) is 6.09. The zero-order valence-corrected chi connectivity index (χ0v) is 11.3. The standard InChI is InChI=1S/C13H9F3N2O2S/c14-6-3-8(16)9(4-7(6)15)17-13-18-11-5(12(19)20)1-2-10(11)21-13/h3-5H,1-2H2,(H,17,18)(H,19,20). The molecule has 2 N–H and O–H groups in total. The number of carbonyl (C=O) groups is 1. The molecular formula is C13H9F3N2O2S. The molecule has 3 rings (SSSR count). The second-order valence-corrected chi connectivity index (χ2v) is 5.71. The van der Waals surface area contributed by atoms with Gasteiger partial charge in [0.25, 0.3) is 0 Å². The van der Waals surface area contributed by atoms with E-state index in [4.69, 9.17) is 5.11 Å². The van der Waals surface area contributed by atoms with Crippen LogP contribution in [-0.4, -0.2) is 16.1 Å². The minimum atomic E-state index is -1.27. The van der Waals surface area contributed by atoms with Gasteiger partial charge < -0.3 is 10.4 Å². The topological polar surface area (TPSA) is 62.2 Å². The molecule has 0 saturated heterocycles. The van der Waals surface area contributed by atoms with E-state index in [1.165, 1.54) is 11.3 Å². The first kappa shape index (κ1) is 13.9. The summed E-state index contributed by atoms with van der Waals surface area (Å²) in [6, 6.07) is 1.14. The van der Waals surface area contributed by atoms with Crippen molar-refractivity contribution in [3.05, 3.63) is 40.2 Å². The highest BCUT2D eigenvalue weighted by molar-refractivity contribution is 7.15. The summed E-state index contributed by atoms with van der Waals surface area (Å²) in [6.07, 6.45) is 1.08. The van der Waals surface area contributed by atoms with Gasteiger partial charge in [0.05, 0.1) is 11.4 Å². The Bertz CT molecular complexity index is 732. The van der Waals surface area contributed by atoms with Crippen LogP contribution in [0.3, 0.4) is 0 Å². The summed E-state index contributed by atoms with van der Waals surface area (Å²) in [5.41, 5.74) is 0.214. The molecule has 110 valence electrons. The zero-order valence-electron chi connectivity index (χ0n) is 10.5. The molecule has 0 amide bonds. The fraction of sp³-hybridized carbons (Fsp3) is 0.231. The molecule has 1 atom stereocenters. The van der Waals surface area contributed by atoms with Crippen LogP contribution in [0.25, 0.3) is 0 Å². The van der Waals surface area contributed by atoms with Crippen LogP contribution < -0.4 is 5.32 Å². The van der Waals surface area contributed by atoms with Crippen molar-refractivity contribution >= 4 is 28.1 Å². The summed E-state index contributed by atoms with van der Waals surface area (Å²) >= 11 is 1.19. The summed E-state index contributed by atoms with van der Waals surface area (Å²) in [5, 5.41) is 11.9. The maximum absolute atomic E-state index is 13.5. The van der Waals surface area contributed by atoms with Gasteiger partial charge in [-0.2, -0.15) is 0 Å². The Balaban J connectivity index is 1.89. The molecule has 1 aromatic heterocycles. The zero-order chi connectivity index (χ0) is 15.1. The van der Waals surface area contributed by atoms with Crippen LogP contribution in [0.4, 0.5) is 24.0 Å². The number of nitrogens with one attached hydrogen (secondary N) is 1. The monoisotopic (exact) mass is 314 g/mol. The largest absolute Gasteiger partial charge is 0.481 e. The van der Waals surface area contributed by atoms with E-state index in [-0.39, 0.29) is 10.8 Å². The molecule has 1 unspecified atom stereocenters. The number of carboxylic acids is 1. The fourth-order valence-electron chi connectivity index (χ4n) is 2.25. The normalized spacial score (nSPS) is 16.8. The van der Waals surface area contributed by atoms with E-state index >= 15 is 0 Å². The number of aryl methyl sites for hydroxylation is 1. The van der Waals surface area contributed by atoms with Gasteiger partial charge >= 0.3 is 5.97 Å². The Hall–Kier alpha value is -2.09. The van der Waals surface area contributed by atoms with Gasteiger partial charge in [-0.15, -0.1) is 11.3 Å². The summed E-state index contributed by atoms with van der Waals surface area (Å²) in [7, 11) is 0. The number of halogens is 3. The molecule has 1 aliphatic rings. The molecule has 0 bridgehead atoms. The van der Waals surface area contributed by atoms with Crippen molar-refractivity contribution in [1.82, 2.24) is 4.98 Å². The third kappa shape index (κ3) is 2.46. The Morgan fingerprint density at radius 1 is 1.29 bits per heavy atom. The van der Waals surface area contributed by atoms with Crippen LogP contribution in [0.5, 0.6) is 0 Å². The molecule has 0 aliphatic heterocycles. The third-order valence-corrected chi connectivity index (χ3v) is 4.31. The predicted molar refractivity (Wildman–Crippen MR) is 70.4 cm³/mol. The molecule has 0 radical (unpaired) electrons. The van der Waals surface area contributed by atoms with Gasteiger partial charge in [-0.25, -0.2) is 18.2 Å². The second kappa shape index (κ2) is 5.03. The SMILES string of the molecule is O=C(O)C1CCc2sc(Nc3cc(F)c(F)cc3F)nc21. The maximum Gasteiger partial charge on any atom is 0.312 e. The van der Waals surface area contributed by atoms with E-state index in [1.54, 1.807) is 0 Å². The summed E-state index contributed by atoms with van der Waals surface area (Å²) < 4.78 is 39.5. The highest BCUT2D eigenvalue weighted by Gasteiger charge is 2.32. The number of hydrogen-bond donors (Lipinski definition) is 2. The number of hydrogen-bond acceptors (Lipinski definition) is 4. The predicted octanol–water partition coefficient (Wildman–Crippen LogP) is 3.42. The molecule has 0 fully saturated rings. The molecule has 21 heavy (non-hydrogen) atoms. The van der Waals surface area contributed by atoms with Crippen LogP contribution in [0.2, 0.25) is 0 Å². The Morgan fingerprint density at radius 3 is 2.71 bits per heavy atom. The van der Waals surface area contributed by atoms with E-state index in [0.717, 1.165) is 4.88 Å².